The smallest absolute Gasteiger partial charge is 0.318 e. The van der Waals surface area contributed by atoms with Crippen molar-refractivity contribution in [2.24, 2.45) is 5.73 Å². The normalized spacial score (nSPS) is 12.0. The van der Waals surface area contributed by atoms with E-state index in [9.17, 15) is 9.59 Å². The van der Waals surface area contributed by atoms with Gasteiger partial charge in [-0.1, -0.05) is 66.0 Å². The number of carbonyl (C=O) groups excluding carboxylic acids is 2. The fourth-order valence-corrected chi connectivity index (χ4v) is 5.79. The maximum absolute atomic E-state index is 12.1. The number of para-hydroxylation sites is 1. The van der Waals surface area contributed by atoms with E-state index in [1.807, 2.05) is 53.1 Å². The summed E-state index contributed by atoms with van der Waals surface area (Å²) in [7, 11) is 0. The van der Waals surface area contributed by atoms with E-state index in [1.165, 1.54) is 11.8 Å². The molecule has 0 aliphatic rings. The fourth-order valence-electron chi connectivity index (χ4n) is 2.91. The third-order valence-electron chi connectivity index (χ3n) is 4.47. The van der Waals surface area contributed by atoms with Crippen molar-refractivity contribution < 1.29 is 9.59 Å². The maximum atomic E-state index is 12.1. The zero-order chi connectivity index (χ0) is 22.5. The standard InChI is InChI=1S/C21H20N6O2S3/c1-13(18(28)24-19(22)29)31-20-26-25-17(27(20)11-14-7-3-2-4-8-14)12-30-21-23-15-9-5-6-10-16(15)32-21/h2-10,13H,11-12H2,1H3,(H3,22,24,28,29)/t13-/m0/s1. The summed E-state index contributed by atoms with van der Waals surface area (Å²) >= 11 is 4.48. The van der Waals surface area contributed by atoms with Gasteiger partial charge in [-0.05, 0) is 24.6 Å². The number of fused-ring (bicyclic) bond motifs is 1. The van der Waals surface area contributed by atoms with Crippen molar-refractivity contribution in [3.63, 3.8) is 0 Å². The van der Waals surface area contributed by atoms with Crippen molar-refractivity contribution in [1.29, 1.82) is 0 Å². The number of rotatable bonds is 8. The molecule has 0 unspecified atom stereocenters. The van der Waals surface area contributed by atoms with Crippen LogP contribution in [0.5, 0.6) is 0 Å². The lowest BCUT2D eigenvalue weighted by Gasteiger charge is -2.13. The van der Waals surface area contributed by atoms with Gasteiger partial charge in [0, 0.05) is 0 Å². The molecule has 0 fully saturated rings. The fraction of sp³-hybridized carbons (Fsp3) is 0.190. The first-order chi connectivity index (χ1) is 15.5. The number of aromatic nitrogens is 4. The molecule has 2 aromatic heterocycles. The molecule has 8 nitrogen and oxygen atoms in total. The summed E-state index contributed by atoms with van der Waals surface area (Å²) in [6, 6.07) is 17.1. The Labute approximate surface area is 197 Å². The van der Waals surface area contributed by atoms with Crippen LogP contribution < -0.4 is 11.1 Å². The van der Waals surface area contributed by atoms with Gasteiger partial charge in [-0.15, -0.1) is 21.5 Å². The van der Waals surface area contributed by atoms with Gasteiger partial charge >= 0.3 is 6.03 Å². The monoisotopic (exact) mass is 484 g/mol. The molecule has 0 spiro atoms. The van der Waals surface area contributed by atoms with Crippen molar-refractivity contribution in [3.8, 4) is 0 Å². The second-order valence-corrected chi connectivity index (χ2v) is 10.4. The van der Waals surface area contributed by atoms with Crippen molar-refractivity contribution in [3.05, 3.63) is 66.0 Å². The number of amides is 3. The molecule has 3 amide bonds. The van der Waals surface area contributed by atoms with E-state index in [0.29, 0.717) is 17.5 Å². The van der Waals surface area contributed by atoms with Crippen LogP contribution in [0.4, 0.5) is 4.79 Å². The van der Waals surface area contributed by atoms with Crippen LogP contribution >= 0.6 is 34.9 Å². The van der Waals surface area contributed by atoms with Crippen LogP contribution in [0.1, 0.15) is 18.3 Å². The number of urea groups is 1. The molecule has 3 N–H and O–H groups in total. The maximum Gasteiger partial charge on any atom is 0.318 e. The number of nitrogens with two attached hydrogens (primary N) is 1. The van der Waals surface area contributed by atoms with Gasteiger partial charge in [0.25, 0.3) is 0 Å². The Balaban J connectivity index is 1.55. The first kappa shape index (κ1) is 22.3. The first-order valence-corrected chi connectivity index (χ1v) is 12.4. The van der Waals surface area contributed by atoms with E-state index in [-0.39, 0.29) is 0 Å². The molecule has 32 heavy (non-hydrogen) atoms. The summed E-state index contributed by atoms with van der Waals surface area (Å²) < 4.78 is 4.10. The van der Waals surface area contributed by atoms with Gasteiger partial charge in [-0.25, -0.2) is 9.78 Å². The molecule has 4 aromatic rings. The lowest BCUT2D eigenvalue weighted by atomic mass is 10.2. The Morgan fingerprint density at radius 2 is 1.88 bits per heavy atom. The number of primary amides is 1. The molecule has 0 radical (unpaired) electrons. The molecule has 11 heteroatoms. The highest BCUT2D eigenvalue weighted by Gasteiger charge is 2.21. The summed E-state index contributed by atoms with van der Waals surface area (Å²) in [6.45, 7) is 2.26. The minimum absolute atomic E-state index is 0.470. The van der Waals surface area contributed by atoms with Crippen molar-refractivity contribution >= 4 is 57.0 Å². The quantitative estimate of drug-likeness (QED) is 0.364. The van der Waals surface area contributed by atoms with Crippen LogP contribution in [0.3, 0.4) is 0 Å². The van der Waals surface area contributed by atoms with Crippen LogP contribution in [0.25, 0.3) is 10.2 Å². The zero-order valence-corrected chi connectivity index (χ0v) is 19.5. The third kappa shape index (κ3) is 5.47. The molecule has 0 aliphatic heterocycles. The van der Waals surface area contributed by atoms with Crippen molar-refractivity contribution in [2.75, 3.05) is 0 Å². The van der Waals surface area contributed by atoms with Gasteiger partial charge in [0.1, 0.15) is 5.82 Å². The second kappa shape index (κ2) is 10.2. The minimum atomic E-state index is -0.874. The lowest BCUT2D eigenvalue weighted by Crippen LogP contribution is -2.39. The third-order valence-corrected chi connectivity index (χ3v) is 7.73. The minimum Gasteiger partial charge on any atom is -0.351 e. The predicted octanol–water partition coefficient (Wildman–Crippen LogP) is 3.90. The Bertz CT molecular complexity index is 1210. The Morgan fingerprint density at radius 1 is 1.12 bits per heavy atom. The van der Waals surface area contributed by atoms with Gasteiger partial charge in [0.2, 0.25) is 5.91 Å². The number of nitrogens with one attached hydrogen (secondary N) is 1. The second-order valence-electron chi connectivity index (χ2n) is 6.82. The van der Waals surface area contributed by atoms with Crippen molar-refractivity contribution in [1.82, 2.24) is 25.1 Å². The van der Waals surface area contributed by atoms with Gasteiger partial charge in [0.15, 0.2) is 9.50 Å². The Kier molecular flexibility index (Phi) is 7.08. The predicted molar refractivity (Wildman–Crippen MR) is 128 cm³/mol. The molecule has 2 heterocycles. The summed E-state index contributed by atoms with van der Waals surface area (Å²) in [5.41, 5.74) is 7.14. The van der Waals surface area contributed by atoms with E-state index in [1.54, 1.807) is 30.0 Å². The van der Waals surface area contributed by atoms with Gasteiger partial charge in [-0.2, -0.15) is 0 Å². The summed E-state index contributed by atoms with van der Waals surface area (Å²) in [6.07, 6.45) is 0. The highest BCUT2D eigenvalue weighted by Crippen LogP contribution is 2.32. The van der Waals surface area contributed by atoms with E-state index in [2.05, 4.69) is 26.6 Å². The molecule has 0 saturated carbocycles. The Morgan fingerprint density at radius 3 is 2.62 bits per heavy atom. The molecule has 1 atom stereocenters. The zero-order valence-electron chi connectivity index (χ0n) is 17.1. The molecule has 164 valence electrons. The molecule has 2 aromatic carbocycles. The average Bonchev–Trinajstić information content (AvgIpc) is 3.36. The first-order valence-electron chi connectivity index (χ1n) is 9.71. The number of thiazole rings is 1. The number of benzene rings is 2. The number of thioether (sulfide) groups is 2. The number of hydrogen-bond acceptors (Lipinski definition) is 8. The molecule has 0 bridgehead atoms. The summed E-state index contributed by atoms with van der Waals surface area (Å²) in [5, 5.41) is 10.8. The summed E-state index contributed by atoms with van der Waals surface area (Å²) in [5.74, 6) is 0.896. The van der Waals surface area contributed by atoms with E-state index < -0.39 is 17.2 Å². The number of imide groups is 1. The lowest BCUT2D eigenvalue weighted by molar-refractivity contribution is -0.119. The van der Waals surface area contributed by atoms with E-state index >= 15 is 0 Å². The van der Waals surface area contributed by atoms with E-state index in [0.717, 1.165) is 25.9 Å². The largest absolute Gasteiger partial charge is 0.351 e. The van der Waals surface area contributed by atoms with Crippen LogP contribution in [0, 0.1) is 0 Å². The molecular formula is C21H20N6O2S3. The topological polar surface area (TPSA) is 116 Å². The van der Waals surface area contributed by atoms with E-state index in [4.69, 9.17) is 5.73 Å². The highest BCUT2D eigenvalue weighted by molar-refractivity contribution is 8.00. The highest BCUT2D eigenvalue weighted by atomic mass is 32.2. The van der Waals surface area contributed by atoms with Gasteiger partial charge in [-0.3, -0.25) is 10.1 Å². The molecule has 0 saturated heterocycles. The number of nitrogens with zero attached hydrogens (tertiary/aromatic N) is 4. The molecular weight excluding hydrogens is 464 g/mol. The van der Waals surface area contributed by atoms with Gasteiger partial charge < -0.3 is 10.3 Å². The number of hydrogen-bond donors (Lipinski definition) is 2. The van der Waals surface area contributed by atoms with Crippen LogP contribution in [-0.4, -0.2) is 36.9 Å². The SMILES string of the molecule is C[C@H](Sc1nnc(CSc2nc3ccccc3s2)n1Cc1ccccc1)C(=O)NC(N)=O. The summed E-state index contributed by atoms with van der Waals surface area (Å²) in [4.78, 5) is 27.8. The van der Waals surface area contributed by atoms with Crippen LogP contribution in [0.2, 0.25) is 0 Å². The molecule has 0 aliphatic carbocycles. The Hall–Kier alpha value is -2.89. The molecule has 4 rings (SSSR count). The average molecular weight is 485 g/mol. The number of carbonyl (C=O) groups is 2. The van der Waals surface area contributed by atoms with Crippen LogP contribution in [-0.2, 0) is 17.1 Å². The van der Waals surface area contributed by atoms with Crippen molar-refractivity contribution in [2.45, 2.75) is 34.0 Å². The van der Waals surface area contributed by atoms with Crippen LogP contribution in [0.15, 0.2) is 64.1 Å². The van der Waals surface area contributed by atoms with Gasteiger partial charge in [0.05, 0.1) is 27.8 Å².